The molecule has 0 spiro atoms. The molecule has 1 atom stereocenters. The summed E-state index contributed by atoms with van der Waals surface area (Å²) in [5, 5.41) is 18.7. The molecule has 0 heterocycles. The van der Waals surface area contributed by atoms with E-state index in [0.717, 1.165) is 5.06 Å². The summed E-state index contributed by atoms with van der Waals surface area (Å²) >= 11 is 0. The molecule has 1 aromatic rings. The van der Waals surface area contributed by atoms with Gasteiger partial charge in [-0.3, -0.25) is 5.21 Å². The van der Waals surface area contributed by atoms with E-state index in [1.807, 2.05) is 0 Å². The van der Waals surface area contributed by atoms with Crippen molar-refractivity contribution in [3.63, 3.8) is 0 Å². The van der Waals surface area contributed by atoms with Gasteiger partial charge in [0.05, 0.1) is 5.69 Å². The summed E-state index contributed by atoms with van der Waals surface area (Å²) < 4.78 is 0. The Balaban J connectivity index is 0.00000169. The van der Waals surface area contributed by atoms with Crippen molar-refractivity contribution in [2.24, 2.45) is 0 Å². The first kappa shape index (κ1) is 12.7. The average Bonchev–Trinajstić information content (AvgIpc) is 2.17. The highest BCUT2D eigenvalue weighted by Crippen LogP contribution is 2.13. The molecule has 1 aromatic carbocycles. The van der Waals surface area contributed by atoms with Crippen LogP contribution in [0.3, 0.4) is 0 Å². The lowest BCUT2D eigenvalue weighted by Crippen LogP contribution is -2.36. The van der Waals surface area contributed by atoms with Gasteiger partial charge in [0.25, 0.3) is 0 Å². The summed E-state index contributed by atoms with van der Waals surface area (Å²) in [6, 6.07) is 7.59. The van der Waals surface area contributed by atoms with Gasteiger partial charge in [-0.25, -0.2) is 9.86 Å². The zero-order valence-electron chi connectivity index (χ0n) is 7.62. The number of anilines is 1. The molecule has 0 aromatic heterocycles. The lowest BCUT2D eigenvalue weighted by Gasteiger charge is -2.20. The zero-order valence-corrected chi connectivity index (χ0v) is 8.44. The standard InChI is InChI=1S/C9H11NO3.ClH/c1-7(9(11)12)10(13)8-5-3-2-4-6-8;/h2-7,13H,1H3,(H,11,12);1H/t7-;/m0./s1. The number of halogens is 1. The van der Waals surface area contributed by atoms with Gasteiger partial charge in [0.1, 0.15) is 0 Å². The predicted octanol–water partition coefficient (Wildman–Crippen LogP) is 1.78. The van der Waals surface area contributed by atoms with Gasteiger partial charge >= 0.3 is 5.97 Å². The van der Waals surface area contributed by atoms with Gasteiger partial charge in [0.2, 0.25) is 0 Å². The first-order valence-electron chi connectivity index (χ1n) is 3.89. The lowest BCUT2D eigenvalue weighted by molar-refractivity contribution is -0.139. The molecule has 0 fully saturated rings. The first-order chi connectivity index (χ1) is 6.13. The second kappa shape index (κ2) is 5.47. The zero-order chi connectivity index (χ0) is 9.84. The molecule has 0 aliphatic heterocycles. The Morgan fingerprint density at radius 2 is 1.86 bits per heavy atom. The largest absolute Gasteiger partial charge is 0.480 e. The number of hydrogen-bond acceptors (Lipinski definition) is 3. The third-order valence-corrected chi connectivity index (χ3v) is 1.74. The third kappa shape index (κ3) is 2.90. The highest BCUT2D eigenvalue weighted by atomic mass is 35.5. The Morgan fingerprint density at radius 3 is 2.29 bits per heavy atom. The van der Waals surface area contributed by atoms with Crippen LogP contribution in [0.4, 0.5) is 5.69 Å². The van der Waals surface area contributed by atoms with Crippen LogP contribution in [0.25, 0.3) is 0 Å². The van der Waals surface area contributed by atoms with E-state index in [4.69, 9.17) is 5.11 Å². The normalized spacial score (nSPS) is 11.3. The minimum Gasteiger partial charge on any atom is -0.480 e. The highest BCUT2D eigenvalue weighted by molar-refractivity contribution is 5.85. The molecule has 0 radical (unpaired) electrons. The Bertz CT molecular complexity index is 291. The number of benzene rings is 1. The number of carbonyl (C=O) groups is 1. The maximum atomic E-state index is 10.5. The Labute approximate surface area is 88.1 Å². The molecule has 0 unspecified atom stereocenters. The number of hydroxylamine groups is 1. The fourth-order valence-electron chi connectivity index (χ4n) is 0.909. The molecule has 0 aliphatic rings. The predicted molar refractivity (Wildman–Crippen MR) is 55.1 cm³/mol. The van der Waals surface area contributed by atoms with Gasteiger partial charge in [0.15, 0.2) is 6.04 Å². The van der Waals surface area contributed by atoms with Crippen LogP contribution in [0.15, 0.2) is 30.3 Å². The second-order valence-corrected chi connectivity index (χ2v) is 2.69. The maximum Gasteiger partial charge on any atom is 0.328 e. The summed E-state index contributed by atoms with van der Waals surface area (Å²) in [5.74, 6) is -1.06. The van der Waals surface area contributed by atoms with Crippen molar-refractivity contribution in [3.05, 3.63) is 30.3 Å². The third-order valence-electron chi connectivity index (χ3n) is 1.74. The monoisotopic (exact) mass is 217 g/mol. The fraction of sp³-hybridized carbons (Fsp3) is 0.222. The van der Waals surface area contributed by atoms with E-state index < -0.39 is 12.0 Å². The molecule has 0 amide bonds. The SMILES string of the molecule is C[C@@H](C(=O)O)N(O)c1ccccc1.Cl. The Morgan fingerprint density at radius 1 is 1.36 bits per heavy atom. The smallest absolute Gasteiger partial charge is 0.328 e. The second-order valence-electron chi connectivity index (χ2n) is 2.69. The molecule has 5 heteroatoms. The molecule has 2 N–H and O–H groups in total. The molecule has 0 bridgehead atoms. The van der Waals surface area contributed by atoms with E-state index in [-0.39, 0.29) is 12.4 Å². The molecular weight excluding hydrogens is 206 g/mol. The summed E-state index contributed by atoms with van der Waals surface area (Å²) in [5.41, 5.74) is 0.470. The molecular formula is C9H12ClNO3. The van der Waals surface area contributed by atoms with E-state index in [9.17, 15) is 10.0 Å². The van der Waals surface area contributed by atoms with Crippen LogP contribution in [-0.2, 0) is 4.79 Å². The molecule has 1 rings (SSSR count). The Hall–Kier alpha value is -1.26. The van der Waals surface area contributed by atoms with Gasteiger partial charge in [-0.1, -0.05) is 18.2 Å². The van der Waals surface area contributed by atoms with E-state index in [2.05, 4.69) is 0 Å². The summed E-state index contributed by atoms with van der Waals surface area (Å²) in [7, 11) is 0. The number of carboxylic acid groups (broad SMARTS) is 1. The highest BCUT2D eigenvalue weighted by Gasteiger charge is 2.18. The number of nitrogens with zero attached hydrogens (tertiary/aromatic N) is 1. The van der Waals surface area contributed by atoms with Crippen molar-refractivity contribution in [1.29, 1.82) is 0 Å². The van der Waals surface area contributed by atoms with E-state index in [1.165, 1.54) is 6.92 Å². The molecule has 78 valence electrons. The molecule has 0 saturated heterocycles. The van der Waals surface area contributed by atoms with Gasteiger partial charge in [0, 0.05) is 0 Å². The van der Waals surface area contributed by atoms with Crippen molar-refractivity contribution in [2.45, 2.75) is 13.0 Å². The number of carboxylic acids is 1. The summed E-state index contributed by atoms with van der Waals surface area (Å²) in [6.45, 7) is 1.41. The van der Waals surface area contributed by atoms with Crippen LogP contribution in [0.1, 0.15) is 6.92 Å². The van der Waals surface area contributed by atoms with E-state index in [0.29, 0.717) is 5.69 Å². The van der Waals surface area contributed by atoms with Crippen molar-refractivity contribution < 1.29 is 15.1 Å². The maximum absolute atomic E-state index is 10.5. The fourth-order valence-corrected chi connectivity index (χ4v) is 0.909. The summed E-state index contributed by atoms with van der Waals surface area (Å²) in [6.07, 6.45) is 0. The number of hydrogen-bond donors (Lipinski definition) is 2. The number of rotatable bonds is 3. The van der Waals surface area contributed by atoms with E-state index in [1.54, 1.807) is 30.3 Å². The van der Waals surface area contributed by atoms with Gasteiger partial charge in [-0.15, -0.1) is 12.4 Å². The van der Waals surface area contributed by atoms with Gasteiger partial charge in [-0.05, 0) is 19.1 Å². The van der Waals surface area contributed by atoms with Crippen LogP contribution < -0.4 is 5.06 Å². The lowest BCUT2D eigenvalue weighted by atomic mass is 10.2. The van der Waals surface area contributed by atoms with Crippen molar-refractivity contribution >= 4 is 24.1 Å². The van der Waals surface area contributed by atoms with E-state index >= 15 is 0 Å². The van der Waals surface area contributed by atoms with Crippen molar-refractivity contribution in [3.8, 4) is 0 Å². The Kier molecular flexibility index (Phi) is 4.97. The topological polar surface area (TPSA) is 60.8 Å². The van der Waals surface area contributed by atoms with Gasteiger partial charge in [-0.2, -0.15) is 0 Å². The van der Waals surface area contributed by atoms with Crippen LogP contribution in [-0.4, -0.2) is 22.3 Å². The van der Waals surface area contributed by atoms with Crippen LogP contribution in [0.2, 0.25) is 0 Å². The van der Waals surface area contributed by atoms with Crippen LogP contribution in [0, 0.1) is 0 Å². The molecule has 14 heavy (non-hydrogen) atoms. The quantitative estimate of drug-likeness (QED) is 0.758. The molecule has 0 saturated carbocycles. The summed E-state index contributed by atoms with van der Waals surface area (Å²) in [4.78, 5) is 10.5. The van der Waals surface area contributed by atoms with Crippen LogP contribution >= 0.6 is 12.4 Å². The number of para-hydroxylation sites is 1. The number of aliphatic carboxylic acids is 1. The van der Waals surface area contributed by atoms with Crippen molar-refractivity contribution in [1.82, 2.24) is 0 Å². The van der Waals surface area contributed by atoms with Crippen molar-refractivity contribution in [2.75, 3.05) is 5.06 Å². The first-order valence-corrected chi connectivity index (χ1v) is 3.89. The molecule has 4 nitrogen and oxygen atoms in total. The van der Waals surface area contributed by atoms with Gasteiger partial charge < -0.3 is 5.11 Å². The van der Waals surface area contributed by atoms with Crippen LogP contribution in [0.5, 0.6) is 0 Å². The minimum atomic E-state index is -1.06. The molecule has 0 aliphatic carbocycles. The average molecular weight is 218 g/mol. The minimum absolute atomic E-state index is 0.